The van der Waals surface area contributed by atoms with Crippen molar-refractivity contribution in [1.29, 1.82) is 0 Å². The minimum absolute atomic E-state index is 0.00526. The van der Waals surface area contributed by atoms with Crippen molar-refractivity contribution >= 4 is 27.3 Å². The van der Waals surface area contributed by atoms with E-state index in [0.717, 1.165) is 25.0 Å². The van der Waals surface area contributed by atoms with E-state index < -0.39 is 27.7 Å². The zero-order valence-electron chi connectivity index (χ0n) is 18.3. The molecule has 3 aromatic rings. The Bertz CT molecular complexity index is 1300. The smallest absolute Gasteiger partial charge is 0.322 e. The normalized spacial score (nSPS) is 14.1. The molecule has 1 amide bonds. The highest BCUT2D eigenvalue weighted by Gasteiger charge is 2.34. The first-order chi connectivity index (χ1) is 16.1. The quantitative estimate of drug-likeness (QED) is 0.454. The number of nitrogens with one attached hydrogen (secondary N) is 2. The van der Waals surface area contributed by atoms with Crippen LogP contribution < -0.4 is 10.0 Å². The number of benzene rings is 2. The number of alkyl halides is 3. The predicted octanol–water partition coefficient (Wildman–Crippen LogP) is 5.17. The van der Waals surface area contributed by atoms with Crippen molar-refractivity contribution in [3.05, 3.63) is 71.5 Å². The van der Waals surface area contributed by atoms with Crippen molar-refractivity contribution in [2.45, 2.75) is 38.3 Å². The number of carbonyl (C=O) groups excluding carboxylic acids is 1. The molecule has 0 aliphatic heterocycles. The Labute approximate surface area is 195 Å². The summed E-state index contributed by atoms with van der Waals surface area (Å²) >= 11 is 0. The largest absolute Gasteiger partial charge is 0.416 e. The van der Waals surface area contributed by atoms with Crippen LogP contribution >= 0.6 is 0 Å². The van der Waals surface area contributed by atoms with E-state index in [1.807, 2.05) is 0 Å². The van der Waals surface area contributed by atoms with E-state index in [4.69, 9.17) is 0 Å². The maximum Gasteiger partial charge on any atom is 0.416 e. The molecule has 1 aromatic heterocycles. The first kappa shape index (κ1) is 23.8. The molecule has 1 aliphatic rings. The third-order valence-electron chi connectivity index (χ3n) is 5.32. The van der Waals surface area contributed by atoms with Crippen molar-refractivity contribution in [3.8, 4) is 5.69 Å². The van der Waals surface area contributed by atoms with Crippen LogP contribution in [0.25, 0.3) is 5.69 Å². The van der Waals surface area contributed by atoms with Crippen LogP contribution in [0.4, 0.5) is 24.5 Å². The Morgan fingerprint density at radius 2 is 1.79 bits per heavy atom. The molecule has 34 heavy (non-hydrogen) atoms. The van der Waals surface area contributed by atoms with Gasteiger partial charge in [0.2, 0.25) is 10.0 Å². The van der Waals surface area contributed by atoms with Crippen molar-refractivity contribution in [2.24, 2.45) is 0 Å². The fourth-order valence-corrected chi connectivity index (χ4v) is 4.76. The van der Waals surface area contributed by atoms with Crippen LogP contribution in [0.2, 0.25) is 0 Å². The van der Waals surface area contributed by atoms with E-state index in [0.29, 0.717) is 23.5 Å². The van der Waals surface area contributed by atoms with Crippen LogP contribution in [0.5, 0.6) is 0 Å². The fourth-order valence-electron chi connectivity index (χ4n) is 3.62. The Balaban J connectivity index is 1.55. The van der Waals surface area contributed by atoms with Gasteiger partial charge >= 0.3 is 6.18 Å². The van der Waals surface area contributed by atoms with Gasteiger partial charge in [-0.1, -0.05) is 13.0 Å². The maximum absolute atomic E-state index is 13.2. The molecule has 11 heteroatoms. The third-order valence-corrected chi connectivity index (χ3v) is 6.81. The summed E-state index contributed by atoms with van der Waals surface area (Å²) in [6.45, 7) is 1.77. The SMILES string of the molecule is CCCS(=O)(=O)Nc1ccc(NC(=O)c2cnn(-c3cccc(C(F)(F)F)c3)c2C2CC2)cc1. The summed E-state index contributed by atoms with van der Waals surface area (Å²) in [6, 6.07) is 11.0. The molecule has 0 unspecified atom stereocenters. The fraction of sp³-hybridized carbons (Fsp3) is 0.304. The molecule has 1 saturated carbocycles. The van der Waals surface area contributed by atoms with Crippen LogP contribution in [-0.4, -0.2) is 29.9 Å². The van der Waals surface area contributed by atoms with Gasteiger partial charge in [-0.25, -0.2) is 13.1 Å². The molecule has 1 heterocycles. The number of aromatic nitrogens is 2. The zero-order valence-corrected chi connectivity index (χ0v) is 19.1. The van der Waals surface area contributed by atoms with Gasteiger partial charge in [0.1, 0.15) is 0 Å². The van der Waals surface area contributed by atoms with E-state index in [1.165, 1.54) is 35.1 Å². The summed E-state index contributed by atoms with van der Waals surface area (Å²) in [6.07, 6.45) is -1.01. The number of sulfonamides is 1. The van der Waals surface area contributed by atoms with Gasteiger partial charge in [-0.15, -0.1) is 0 Å². The molecule has 1 aliphatic carbocycles. The summed E-state index contributed by atoms with van der Waals surface area (Å²) in [7, 11) is -3.43. The van der Waals surface area contributed by atoms with E-state index in [1.54, 1.807) is 19.1 Å². The molecular formula is C23H23F3N4O3S. The number of rotatable bonds is 8. The Morgan fingerprint density at radius 1 is 1.12 bits per heavy atom. The third kappa shape index (κ3) is 5.41. The molecule has 0 radical (unpaired) electrons. The van der Waals surface area contributed by atoms with Gasteiger partial charge in [0.05, 0.1) is 34.5 Å². The topological polar surface area (TPSA) is 93.1 Å². The van der Waals surface area contributed by atoms with Crippen LogP contribution in [-0.2, 0) is 16.2 Å². The number of carbonyl (C=O) groups is 1. The summed E-state index contributed by atoms with van der Waals surface area (Å²) in [5.41, 5.74) is 1.12. The average Bonchev–Trinajstić information content (AvgIpc) is 3.51. The molecule has 0 atom stereocenters. The van der Waals surface area contributed by atoms with Crippen molar-refractivity contribution < 1.29 is 26.4 Å². The second-order valence-electron chi connectivity index (χ2n) is 8.13. The van der Waals surface area contributed by atoms with Crippen molar-refractivity contribution in [2.75, 3.05) is 15.8 Å². The van der Waals surface area contributed by atoms with E-state index >= 15 is 0 Å². The molecule has 0 saturated heterocycles. The van der Waals surface area contributed by atoms with Gasteiger partial charge < -0.3 is 5.32 Å². The van der Waals surface area contributed by atoms with Crippen molar-refractivity contribution in [3.63, 3.8) is 0 Å². The highest BCUT2D eigenvalue weighted by atomic mass is 32.2. The van der Waals surface area contributed by atoms with Crippen LogP contribution in [0.15, 0.2) is 54.7 Å². The predicted molar refractivity (Wildman–Crippen MR) is 123 cm³/mol. The number of amides is 1. The molecule has 2 N–H and O–H groups in total. The summed E-state index contributed by atoms with van der Waals surface area (Å²) < 4.78 is 67.1. The van der Waals surface area contributed by atoms with E-state index in [9.17, 15) is 26.4 Å². The first-order valence-corrected chi connectivity index (χ1v) is 12.4. The molecule has 180 valence electrons. The number of hydrogen-bond donors (Lipinski definition) is 2. The number of nitrogens with zero attached hydrogens (tertiary/aromatic N) is 2. The minimum atomic E-state index is -4.49. The van der Waals surface area contributed by atoms with Gasteiger partial charge in [-0.2, -0.15) is 18.3 Å². The second kappa shape index (κ2) is 9.13. The number of hydrogen-bond acceptors (Lipinski definition) is 4. The van der Waals surface area contributed by atoms with E-state index in [-0.39, 0.29) is 22.9 Å². The van der Waals surface area contributed by atoms with Crippen molar-refractivity contribution in [1.82, 2.24) is 9.78 Å². The lowest BCUT2D eigenvalue weighted by molar-refractivity contribution is -0.137. The van der Waals surface area contributed by atoms with Crippen LogP contribution in [0.3, 0.4) is 0 Å². The molecule has 1 fully saturated rings. The molecule has 4 rings (SSSR count). The lowest BCUT2D eigenvalue weighted by atomic mass is 10.1. The Morgan fingerprint density at radius 3 is 2.41 bits per heavy atom. The van der Waals surface area contributed by atoms with Gasteiger partial charge in [0.25, 0.3) is 5.91 Å². The van der Waals surface area contributed by atoms with E-state index in [2.05, 4.69) is 15.1 Å². The zero-order chi connectivity index (χ0) is 24.5. The maximum atomic E-state index is 13.2. The Hall–Kier alpha value is -3.34. The lowest BCUT2D eigenvalue weighted by Gasteiger charge is -2.12. The van der Waals surface area contributed by atoms with Gasteiger partial charge in [-0.05, 0) is 61.7 Å². The highest BCUT2D eigenvalue weighted by molar-refractivity contribution is 7.92. The standard InChI is InChI=1S/C23H23F3N4O3S/c1-2-12-34(32,33)29-18-10-8-17(9-11-18)28-22(31)20-14-27-30(21(20)15-6-7-15)19-5-3-4-16(13-19)23(24,25)26/h3-5,8-11,13-15,29H,2,6-7,12H2,1H3,(H,28,31). The minimum Gasteiger partial charge on any atom is -0.322 e. The Kier molecular flexibility index (Phi) is 6.39. The van der Waals surface area contributed by atoms with Gasteiger partial charge in [0, 0.05) is 17.3 Å². The monoisotopic (exact) mass is 492 g/mol. The summed E-state index contributed by atoms with van der Waals surface area (Å²) in [4.78, 5) is 13.0. The number of halogens is 3. The molecule has 2 aromatic carbocycles. The number of anilines is 2. The summed E-state index contributed by atoms with van der Waals surface area (Å²) in [5.74, 6) is -0.404. The van der Waals surface area contributed by atoms with Gasteiger partial charge in [-0.3, -0.25) is 9.52 Å². The molecule has 7 nitrogen and oxygen atoms in total. The average molecular weight is 493 g/mol. The molecule has 0 bridgehead atoms. The second-order valence-corrected chi connectivity index (χ2v) is 9.97. The first-order valence-electron chi connectivity index (χ1n) is 10.7. The highest BCUT2D eigenvalue weighted by Crippen LogP contribution is 2.43. The molecule has 0 spiro atoms. The lowest BCUT2D eigenvalue weighted by Crippen LogP contribution is -2.16. The molecular weight excluding hydrogens is 469 g/mol. The van der Waals surface area contributed by atoms with Crippen LogP contribution in [0, 0.1) is 0 Å². The van der Waals surface area contributed by atoms with Crippen LogP contribution in [0.1, 0.15) is 53.7 Å². The summed E-state index contributed by atoms with van der Waals surface area (Å²) in [5, 5.41) is 6.96. The van der Waals surface area contributed by atoms with Gasteiger partial charge in [0.15, 0.2) is 0 Å².